The van der Waals surface area contributed by atoms with E-state index < -0.39 is 0 Å². The van der Waals surface area contributed by atoms with Crippen LogP contribution in [0, 0.1) is 5.41 Å². The highest BCUT2D eigenvalue weighted by Gasteiger charge is 2.56. The van der Waals surface area contributed by atoms with Crippen molar-refractivity contribution in [2.45, 2.75) is 64.2 Å². The summed E-state index contributed by atoms with van der Waals surface area (Å²) >= 11 is 0. The molecule has 1 heterocycles. The Kier molecular flexibility index (Phi) is 5.02. The largest absolute Gasteiger partial charge is 0.378 e. The molecule has 1 amide bonds. The van der Waals surface area contributed by atoms with Gasteiger partial charge in [0.25, 0.3) is 5.91 Å². The van der Waals surface area contributed by atoms with Crippen molar-refractivity contribution >= 4 is 5.91 Å². The first-order valence-electron chi connectivity index (χ1n) is 8.56. The van der Waals surface area contributed by atoms with Crippen molar-refractivity contribution in [2.75, 3.05) is 13.7 Å². The second-order valence-electron chi connectivity index (χ2n) is 6.61. The first kappa shape index (κ1) is 16.5. The lowest BCUT2D eigenvalue weighted by Gasteiger charge is -2.57. The number of carbonyl (C=O) groups is 1. The van der Waals surface area contributed by atoms with Crippen molar-refractivity contribution in [1.29, 1.82) is 0 Å². The Labute approximate surface area is 136 Å². The van der Waals surface area contributed by atoms with Crippen LogP contribution in [-0.4, -0.2) is 36.9 Å². The number of methoxy groups -OCH3 is 1. The molecule has 1 aromatic rings. The van der Waals surface area contributed by atoms with Crippen molar-refractivity contribution < 1.29 is 18.8 Å². The monoisotopic (exact) mass is 322 g/mol. The third-order valence-corrected chi connectivity index (χ3v) is 5.32. The number of ether oxygens (including phenoxy) is 2. The summed E-state index contributed by atoms with van der Waals surface area (Å²) in [4.78, 5) is 12.4. The molecular formula is C17H26N2O4. The Morgan fingerprint density at radius 3 is 2.91 bits per heavy atom. The minimum atomic E-state index is -0.166. The number of hydrogen-bond donors (Lipinski definition) is 1. The van der Waals surface area contributed by atoms with Crippen molar-refractivity contribution in [3.63, 3.8) is 0 Å². The molecule has 6 heteroatoms. The van der Waals surface area contributed by atoms with Crippen molar-refractivity contribution in [2.24, 2.45) is 5.41 Å². The van der Waals surface area contributed by atoms with Crippen molar-refractivity contribution in [3.05, 3.63) is 17.5 Å². The van der Waals surface area contributed by atoms with Crippen molar-refractivity contribution in [3.8, 4) is 0 Å². The average molecular weight is 322 g/mol. The Hall–Kier alpha value is -1.40. The maximum Gasteiger partial charge on any atom is 0.273 e. The van der Waals surface area contributed by atoms with Gasteiger partial charge in [-0.15, -0.1) is 0 Å². The smallest absolute Gasteiger partial charge is 0.273 e. The van der Waals surface area contributed by atoms with Gasteiger partial charge in [0.05, 0.1) is 6.10 Å². The summed E-state index contributed by atoms with van der Waals surface area (Å²) in [6.07, 6.45) is 7.16. The molecule has 0 aromatic carbocycles. The van der Waals surface area contributed by atoms with Crippen LogP contribution >= 0.6 is 0 Å². The summed E-state index contributed by atoms with van der Waals surface area (Å²) in [7, 11) is 1.58. The molecule has 0 saturated heterocycles. The molecule has 6 nitrogen and oxygen atoms in total. The lowest BCUT2D eigenvalue weighted by Crippen LogP contribution is -2.65. The fraction of sp³-hybridized carbons (Fsp3) is 0.765. The summed E-state index contributed by atoms with van der Waals surface area (Å²) in [6, 6.07) is 1.82. The average Bonchev–Trinajstić information content (AvgIpc) is 3.04. The number of aromatic nitrogens is 1. The molecule has 2 saturated carbocycles. The number of amides is 1. The van der Waals surface area contributed by atoms with E-state index in [4.69, 9.17) is 14.0 Å². The van der Waals surface area contributed by atoms with Crippen LogP contribution in [0.5, 0.6) is 0 Å². The Bertz CT molecular complexity index is 536. The van der Waals surface area contributed by atoms with Gasteiger partial charge in [0.15, 0.2) is 11.5 Å². The quantitative estimate of drug-likeness (QED) is 0.871. The van der Waals surface area contributed by atoms with Gasteiger partial charge < -0.3 is 19.3 Å². The molecule has 0 unspecified atom stereocenters. The van der Waals surface area contributed by atoms with Crippen LogP contribution in [-0.2, 0) is 16.1 Å². The summed E-state index contributed by atoms with van der Waals surface area (Å²) in [5, 5.41) is 6.99. The zero-order valence-electron chi connectivity index (χ0n) is 14.0. The summed E-state index contributed by atoms with van der Waals surface area (Å²) < 4.78 is 16.0. The van der Waals surface area contributed by atoms with Crippen LogP contribution in [0.2, 0.25) is 0 Å². The molecule has 3 rings (SSSR count). The first-order valence-corrected chi connectivity index (χ1v) is 8.56. The number of hydrogen-bond acceptors (Lipinski definition) is 5. The summed E-state index contributed by atoms with van der Waals surface area (Å²) in [6.45, 7) is 3.09. The zero-order chi connectivity index (χ0) is 16.3. The minimum absolute atomic E-state index is 0.114. The van der Waals surface area contributed by atoms with Gasteiger partial charge in [-0.2, -0.15) is 0 Å². The van der Waals surface area contributed by atoms with Crippen LogP contribution in [0.1, 0.15) is 61.7 Å². The van der Waals surface area contributed by atoms with E-state index in [9.17, 15) is 4.79 Å². The molecule has 1 spiro atoms. The van der Waals surface area contributed by atoms with E-state index in [-0.39, 0.29) is 23.5 Å². The third kappa shape index (κ3) is 3.15. The highest BCUT2D eigenvalue weighted by Crippen LogP contribution is 2.53. The zero-order valence-corrected chi connectivity index (χ0v) is 14.0. The third-order valence-electron chi connectivity index (χ3n) is 5.32. The van der Waals surface area contributed by atoms with E-state index in [0.717, 1.165) is 25.9 Å². The van der Waals surface area contributed by atoms with Gasteiger partial charge in [-0.3, -0.25) is 4.79 Å². The number of carbonyl (C=O) groups excluding carboxylic acids is 1. The molecule has 1 N–H and O–H groups in total. The van der Waals surface area contributed by atoms with Gasteiger partial charge in [-0.05, 0) is 26.2 Å². The maximum absolute atomic E-state index is 12.4. The Morgan fingerprint density at radius 2 is 2.22 bits per heavy atom. The van der Waals surface area contributed by atoms with Gasteiger partial charge in [0.1, 0.15) is 6.61 Å². The Morgan fingerprint density at radius 1 is 1.43 bits per heavy atom. The van der Waals surface area contributed by atoms with Crippen LogP contribution in [0.4, 0.5) is 0 Å². The fourth-order valence-corrected chi connectivity index (χ4v) is 4.13. The number of nitrogens with zero attached hydrogens (tertiary/aromatic N) is 1. The van der Waals surface area contributed by atoms with E-state index in [1.807, 2.05) is 6.92 Å². The van der Waals surface area contributed by atoms with Crippen LogP contribution in [0.25, 0.3) is 0 Å². The fourth-order valence-electron chi connectivity index (χ4n) is 4.13. The second kappa shape index (κ2) is 7.01. The molecule has 2 aliphatic rings. The van der Waals surface area contributed by atoms with E-state index in [1.54, 1.807) is 13.2 Å². The standard InChI is InChI=1S/C17H26N2O4/c1-3-22-15-10-14(17(15)7-5-4-6-8-17)18-16(20)13-9-12(11-21-2)23-19-13/h9,14-15H,3-8,10-11H2,1-2H3,(H,18,20)/t14-,15+/m0/s1. The van der Waals surface area contributed by atoms with E-state index in [0.29, 0.717) is 18.1 Å². The molecule has 2 fully saturated rings. The van der Waals surface area contributed by atoms with E-state index in [2.05, 4.69) is 10.5 Å². The molecule has 2 aliphatic carbocycles. The summed E-state index contributed by atoms with van der Waals surface area (Å²) in [5.74, 6) is 0.395. The normalized spacial score (nSPS) is 26.0. The molecule has 23 heavy (non-hydrogen) atoms. The molecule has 0 aliphatic heterocycles. The van der Waals surface area contributed by atoms with Gasteiger partial charge in [0, 0.05) is 31.2 Å². The predicted molar refractivity (Wildman–Crippen MR) is 84.0 cm³/mol. The molecule has 0 bridgehead atoms. The maximum atomic E-state index is 12.4. The second-order valence-corrected chi connectivity index (χ2v) is 6.61. The van der Waals surface area contributed by atoms with Crippen molar-refractivity contribution in [1.82, 2.24) is 10.5 Å². The van der Waals surface area contributed by atoms with E-state index >= 15 is 0 Å². The molecule has 128 valence electrons. The summed E-state index contributed by atoms with van der Waals surface area (Å²) in [5.41, 5.74) is 0.436. The predicted octanol–water partition coefficient (Wildman–Crippen LogP) is 2.68. The molecule has 1 aromatic heterocycles. The topological polar surface area (TPSA) is 73.6 Å². The van der Waals surface area contributed by atoms with Gasteiger partial charge >= 0.3 is 0 Å². The lowest BCUT2D eigenvalue weighted by molar-refractivity contribution is -0.147. The molecule has 0 radical (unpaired) electrons. The van der Waals surface area contributed by atoms with Crippen LogP contribution in [0.15, 0.2) is 10.6 Å². The Balaban J connectivity index is 1.65. The SMILES string of the molecule is CCO[C@@H]1C[C@H](NC(=O)c2cc(COC)on2)C12CCCCC2. The number of rotatable bonds is 6. The molecule has 2 atom stereocenters. The number of nitrogens with one attached hydrogen (secondary N) is 1. The van der Waals surface area contributed by atoms with Gasteiger partial charge in [-0.25, -0.2) is 0 Å². The first-order chi connectivity index (χ1) is 11.2. The van der Waals surface area contributed by atoms with Gasteiger partial charge in [-0.1, -0.05) is 24.4 Å². The molecular weight excluding hydrogens is 296 g/mol. The van der Waals surface area contributed by atoms with Gasteiger partial charge in [0.2, 0.25) is 0 Å². The highest BCUT2D eigenvalue weighted by atomic mass is 16.5. The minimum Gasteiger partial charge on any atom is -0.378 e. The van der Waals surface area contributed by atoms with Crippen LogP contribution < -0.4 is 5.32 Å². The van der Waals surface area contributed by atoms with Crippen LogP contribution in [0.3, 0.4) is 0 Å². The highest BCUT2D eigenvalue weighted by molar-refractivity contribution is 5.92. The van der Waals surface area contributed by atoms with E-state index in [1.165, 1.54) is 19.3 Å². The lowest BCUT2D eigenvalue weighted by atomic mass is 9.55.